The lowest BCUT2D eigenvalue weighted by Gasteiger charge is -2.33. The Morgan fingerprint density at radius 2 is 2.13 bits per heavy atom. The molecule has 1 saturated carbocycles. The Morgan fingerprint density at radius 3 is 2.67 bits per heavy atom. The van der Waals surface area contributed by atoms with Gasteiger partial charge in [-0.25, -0.2) is 0 Å². The maximum absolute atomic E-state index is 11.7. The fraction of sp³-hybridized carbons (Fsp3) is 0.917. The first-order chi connectivity index (χ1) is 7.04. The molecule has 4 atom stereocenters. The summed E-state index contributed by atoms with van der Waals surface area (Å²) in [5.74, 6) is 1.59. The molecule has 1 aliphatic rings. The smallest absolute Gasteiger partial charge is 0.233 e. The van der Waals surface area contributed by atoms with Crippen molar-refractivity contribution in [1.29, 1.82) is 0 Å². The molecule has 0 saturated heterocycles. The number of rotatable bonds is 3. The molecule has 4 unspecified atom stereocenters. The van der Waals surface area contributed by atoms with Crippen molar-refractivity contribution in [3.05, 3.63) is 0 Å². The first-order valence-electron chi connectivity index (χ1n) is 5.99. The highest BCUT2D eigenvalue weighted by Crippen LogP contribution is 2.28. The van der Waals surface area contributed by atoms with Crippen LogP contribution in [0.5, 0.6) is 0 Å². The van der Waals surface area contributed by atoms with Gasteiger partial charge in [0, 0.05) is 6.04 Å². The Bertz CT molecular complexity index is 220. The zero-order chi connectivity index (χ0) is 11.4. The highest BCUT2D eigenvalue weighted by molar-refractivity contribution is 9.10. The molecule has 0 radical (unpaired) electrons. The van der Waals surface area contributed by atoms with Crippen molar-refractivity contribution in [3.63, 3.8) is 0 Å². The third kappa shape index (κ3) is 3.78. The summed E-state index contributed by atoms with van der Waals surface area (Å²) in [6.07, 6.45) is 4.47. The summed E-state index contributed by atoms with van der Waals surface area (Å²) in [6.45, 7) is 6.56. The van der Waals surface area contributed by atoms with Gasteiger partial charge in [0.05, 0.1) is 4.83 Å². The molecule has 1 amide bonds. The molecule has 0 spiro atoms. The standard InChI is InChI=1S/C12H22BrNO/c1-4-10(13)12(15)14-11-6-5-8(2)7-9(11)3/h8-11H,4-7H2,1-3H3,(H,14,15). The molecule has 0 heterocycles. The first kappa shape index (κ1) is 13.0. The molecule has 0 aromatic heterocycles. The summed E-state index contributed by atoms with van der Waals surface area (Å²) in [6, 6.07) is 0.389. The minimum absolute atomic E-state index is 0.0240. The molecule has 0 aromatic rings. The number of halogens is 1. The van der Waals surface area contributed by atoms with Gasteiger partial charge in [-0.2, -0.15) is 0 Å². The van der Waals surface area contributed by atoms with Crippen molar-refractivity contribution in [2.75, 3.05) is 0 Å². The van der Waals surface area contributed by atoms with Gasteiger partial charge in [-0.15, -0.1) is 0 Å². The van der Waals surface area contributed by atoms with Crippen LogP contribution in [-0.2, 0) is 4.79 Å². The average molecular weight is 276 g/mol. The van der Waals surface area contributed by atoms with E-state index in [-0.39, 0.29) is 10.7 Å². The summed E-state index contributed by atoms with van der Waals surface area (Å²) < 4.78 is 0. The van der Waals surface area contributed by atoms with Gasteiger partial charge in [0.15, 0.2) is 0 Å². The Balaban J connectivity index is 2.41. The number of carbonyl (C=O) groups is 1. The summed E-state index contributed by atoms with van der Waals surface area (Å²) >= 11 is 3.39. The second kappa shape index (κ2) is 5.88. The number of carbonyl (C=O) groups excluding carboxylic acids is 1. The highest BCUT2D eigenvalue weighted by Gasteiger charge is 2.27. The molecule has 1 aliphatic carbocycles. The normalized spacial score (nSPS) is 33.5. The molecular weight excluding hydrogens is 254 g/mol. The third-order valence-corrected chi connectivity index (χ3v) is 4.47. The van der Waals surface area contributed by atoms with Crippen molar-refractivity contribution < 1.29 is 4.79 Å². The van der Waals surface area contributed by atoms with E-state index in [1.807, 2.05) is 6.92 Å². The highest BCUT2D eigenvalue weighted by atomic mass is 79.9. The fourth-order valence-electron chi connectivity index (χ4n) is 2.34. The van der Waals surface area contributed by atoms with Crippen molar-refractivity contribution in [2.45, 2.75) is 57.3 Å². The quantitative estimate of drug-likeness (QED) is 0.788. The zero-order valence-electron chi connectivity index (χ0n) is 9.92. The Kier molecular flexibility index (Phi) is 5.10. The summed E-state index contributed by atoms with van der Waals surface area (Å²) in [4.78, 5) is 11.7. The van der Waals surface area contributed by atoms with Gasteiger partial charge in [0.25, 0.3) is 0 Å². The fourth-order valence-corrected chi connectivity index (χ4v) is 2.47. The van der Waals surface area contributed by atoms with Crippen LogP contribution < -0.4 is 5.32 Å². The summed E-state index contributed by atoms with van der Waals surface area (Å²) in [5.41, 5.74) is 0. The number of hydrogen-bond acceptors (Lipinski definition) is 1. The second-order valence-electron chi connectivity index (χ2n) is 4.89. The second-order valence-corrected chi connectivity index (χ2v) is 5.99. The van der Waals surface area contributed by atoms with E-state index in [0.717, 1.165) is 18.8 Å². The Morgan fingerprint density at radius 1 is 1.47 bits per heavy atom. The van der Waals surface area contributed by atoms with E-state index >= 15 is 0 Å². The van der Waals surface area contributed by atoms with Gasteiger partial charge in [-0.3, -0.25) is 4.79 Å². The van der Waals surface area contributed by atoms with Crippen molar-refractivity contribution in [3.8, 4) is 0 Å². The van der Waals surface area contributed by atoms with Gasteiger partial charge in [0.2, 0.25) is 5.91 Å². The van der Waals surface area contributed by atoms with Crippen LogP contribution in [0.25, 0.3) is 0 Å². The molecule has 0 bridgehead atoms. The van der Waals surface area contributed by atoms with E-state index in [4.69, 9.17) is 0 Å². The van der Waals surface area contributed by atoms with Crippen LogP contribution in [0.3, 0.4) is 0 Å². The molecule has 15 heavy (non-hydrogen) atoms. The van der Waals surface area contributed by atoms with Crippen LogP contribution in [0, 0.1) is 11.8 Å². The average Bonchev–Trinajstić information content (AvgIpc) is 2.20. The van der Waals surface area contributed by atoms with Crippen LogP contribution in [0.1, 0.15) is 46.5 Å². The number of alkyl halides is 1. The summed E-state index contributed by atoms with van der Waals surface area (Å²) in [5, 5.41) is 3.15. The number of hydrogen-bond donors (Lipinski definition) is 1. The van der Waals surface area contributed by atoms with Gasteiger partial charge in [0.1, 0.15) is 0 Å². The third-order valence-electron chi connectivity index (χ3n) is 3.40. The van der Waals surface area contributed by atoms with E-state index in [1.165, 1.54) is 12.8 Å². The van der Waals surface area contributed by atoms with Gasteiger partial charge in [-0.05, 0) is 37.5 Å². The van der Waals surface area contributed by atoms with Crippen LogP contribution in [0.4, 0.5) is 0 Å². The van der Waals surface area contributed by atoms with E-state index < -0.39 is 0 Å². The van der Waals surface area contributed by atoms with Crippen LogP contribution in [0.2, 0.25) is 0 Å². The van der Waals surface area contributed by atoms with Crippen LogP contribution in [0.15, 0.2) is 0 Å². The van der Waals surface area contributed by atoms with Gasteiger partial charge >= 0.3 is 0 Å². The van der Waals surface area contributed by atoms with E-state index in [2.05, 4.69) is 35.1 Å². The van der Waals surface area contributed by atoms with Gasteiger partial charge < -0.3 is 5.32 Å². The monoisotopic (exact) mass is 275 g/mol. The lowest BCUT2D eigenvalue weighted by atomic mass is 9.80. The molecule has 0 aromatic carbocycles. The molecule has 3 heteroatoms. The first-order valence-corrected chi connectivity index (χ1v) is 6.90. The largest absolute Gasteiger partial charge is 0.352 e. The van der Waals surface area contributed by atoms with Crippen molar-refractivity contribution in [1.82, 2.24) is 5.32 Å². The number of amides is 1. The van der Waals surface area contributed by atoms with E-state index in [0.29, 0.717) is 12.0 Å². The SMILES string of the molecule is CCC(Br)C(=O)NC1CCC(C)CC1C. The van der Waals surface area contributed by atoms with Crippen molar-refractivity contribution >= 4 is 21.8 Å². The zero-order valence-corrected chi connectivity index (χ0v) is 11.5. The molecule has 0 aliphatic heterocycles. The van der Waals surface area contributed by atoms with E-state index in [9.17, 15) is 4.79 Å². The predicted molar refractivity (Wildman–Crippen MR) is 67.1 cm³/mol. The molecule has 88 valence electrons. The van der Waals surface area contributed by atoms with Crippen molar-refractivity contribution in [2.24, 2.45) is 11.8 Å². The minimum atomic E-state index is -0.0240. The van der Waals surface area contributed by atoms with Crippen LogP contribution >= 0.6 is 15.9 Å². The lowest BCUT2D eigenvalue weighted by Crippen LogP contribution is -2.45. The maximum atomic E-state index is 11.7. The lowest BCUT2D eigenvalue weighted by molar-refractivity contribution is -0.121. The van der Waals surface area contributed by atoms with Crippen LogP contribution in [-0.4, -0.2) is 16.8 Å². The maximum Gasteiger partial charge on any atom is 0.233 e. The molecule has 1 fully saturated rings. The molecular formula is C12H22BrNO. The van der Waals surface area contributed by atoms with Gasteiger partial charge in [-0.1, -0.05) is 36.7 Å². The Labute approximate surface area is 101 Å². The van der Waals surface area contributed by atoms with E-state index in [1.54, 1.807) is 0 Å². The minimum Gasteiger partial charge on any atom is -0.352 e. The number of nitrogens with one attached hydrogen (secondary N) is 1. The Hall–Kier alpha value is -0.0500. The topological polar surface area (TPSA) is 29.1 Å². The summed E-state index contributed by atoms with van der Waals surface area (Å²) in [7, 11) is 0. The molecule has 1 rings (SSSR count). The molecule has 1 N–H and O–H groups in total. The predicted octanol–water partition coefficient (Wildman–Crippen LogP) is 3.10. The molecule has 2 nitrogen and oxygen atoms in total.